The molecule has 16 heavy (non-hydrogen) atoms. The first-order valence-electron chi connectivity index (χ1n) is 6.35. The molecule has 2 heteroatoms. The highest BCUT2D eigenvalue weighted by Gasteiger charge is 2.47. The van der Waals surface area contributed by atoms with Gasteiger partial charge in [0, 0.05) is 5.41 Å². The first-order chi connectivity index (χ1) is 6.91. The monoisotopic (exact) mass is 224 g/mol. The minimum atomic E-state index is -0.0625. The van der Waals surface area contributed by atoms with Gasteiger partial charge in [0.05, 0.1) is 0 Å². The second-order valence-electron chi connectivity index (χ2n) is 7.78. The molecule has 2 rings (SSSR count). The van der Waals surface area contributed by atoms with Gasteiger partial charge in [-0.3, -0.25) is 0 Å². The summed E-state index contributed by atoms with van der Waals surface area (Å²) in [7, 11) is 0. The SMILES string of the molecule is CC(C)(C)C1(C)CC1.CC(C)(C)C1(C)N=N1. The molecule has 1 heterocycles. The molecule has 0 radical (unpaired) electrons. The Morgan fingerprint density at radius 2 is 1.12 bits per heavy atom. The van der Waals surface area contributed by atoms with Gasteiger partial charge < -0.3 is 0 Å². The zero-order valence-corrected chi connectivity index (χ0v) is 12.3. The van der Waals surface area contributed by atoms with Crippen LogP contribution < -0.4 is 0 Å². The lowest BCUT2D eigenvalue weighted by atomic mass is 9.79. The summed E-state index contributed by atoms with van der Waals surface area (Å²) in [6.45, 7) is 17.9. The largest absolute Gasteiger partial charge is 0.192 e. The van der Waals surface area contributed by atoms with Crippen LogP contribution in [0.3, 0.4) is 0 Å². The van der Waals surface area contributed by atoms with Gasteiger partial charge in [-0.15, -0.1) is 0 Å². The maximum Gasteiger partial charge on any atom is 0.192 e. The van der Waals surface area contributed by atoms with E-state index in [1.807, 2.05) is 6.92 Å². The lowest BCUT2D eigenvalue weighted by Gasteiger charge is -2.26. The van der Waals surface area contributed by atoms with Gasteiger partial charge >= 0.3 is 0 Å². The van der Waals surface area contributed by atoms with Crippen molar-refractivity contribution in [2.45, 2.75) is 73.9 Å². The minimum absolute atomic E-state index is 0.0625. The van der Waals surface area contributed by atoms with Gasteiger partial charge in [0.15, 0.2) is 5.66 Å². The molecule has 2 nitrogen and oxygen atoms in total. The zero-order valence-electron chi connectivity index (χ0n) is 12.3. The van der Waals surface area contributed by atoms with Crippen LogP contribution in [0.5, 0.6) is 0 Å². The standard InChI is InChI=1S/C8H16.C6H12N2/c1-7(2,3)8(4)5-6-8;1-5(2,3)6(4)7-8-6/h5-6H2,1-4H3;1-4H3. The number of hydrogen-bond acceptors (Lipinski definition) is 2. The fraction of sp³-hybridized carbons (Fsp3) is 1.00. The van der Waals surface area contributed by atoms with Crippen molar-refractivity contribution in [3.63, 3.8) is 0 Å². The minimum Gasteiger partial charge on any atom is -0.159 e. The summed E-state index contributed by atoms with van der Waals surface area (Å²) in [5, 5.41) is 7.86. The molecule has 0 atom stereocenters. The topological polar surface area (TPSA) is 24.7 Å². The van der Waals surface area contributed by atoms with Gasteiger partial charge in [-0.05, 0) is 30.6 Å². The van der Waals surface area contributed by atoms with Crippen molar-refractivity contribution in [2.24, 2.45) is 26.5 Å². The highest BCUT2D eigenvalue weighted by atomic mass is 15.4. The lowest BCUT2D eigenvalue weighted by Crippen LogP contribution is -2.25. The molecule has 0 spiro atoms. The summed E-state index contributed by atoms with van der Waals surface area (Å²) in [5.41, 5.74) is 1.39. The third kappa shape index (κ3) is 2.83. The second kappa shape index (κ2) is 3.54. The van der Waals surface area contributed by atoms with Crippen LogP contribution in [-0.4, -0.2) is 5.66 Å². The Balaban J connectivity index is 0.000000160. The molecule has 0 aromatic carbocycles. The summed E-state index contributed by atoms with van der Waals surface area (Å²) in [4.78, 5) is 0. The third-order valence-corrected chi connectivity index (χ3v) is 4.63. The number of rotatable bonds is 0. The molecule has 0 unspecified atom stereocenters. The summed E-state index contributed by atoms with van der Waals surface area (Å²) in [6, 6.07) is 0. The maximum atomic E-state index is 3.93. The molecule has 0 bridgehead atoms. The molecule has 1 saturated carbocycles. The molecule has 2 aliphatic rings. The first-order valence-corrected chi connectivity index (χ1v) is 6.35. The van der Waals surface area contributed by atoms with Crippen LogP contribution in [0.2, 0.25) is 0 Å². The lowest BCUT2D eigenvalue weighted by molar-refractivity contribution is 0.237. The van der Waals surface area contributed by atoms with Crippen LogP contribution in [-0.2, 0) is 0 Å². The van der Waals surface area contributed by atoms with Gasteiger partial charge in [0.1, 0.15) is 0 Å². The molecule has 0 saturated heterocycles. The normalized spacial score (nSPS) is 24.5. The average Bonchev–Trinajstić information content (AvgIpc) is 2.88. The Morgan fingerprint density at radius 1 is 0.750 bits per heavy atom. The second-order valence-corrected chi connectivity index (χ2v) is 7.78. The molecule has 1 aliphatic carbocycles. The quantitative estimate of drug-likeness (QED) is 0.550. The van der Waals surface area contributed by atoms with Crippen LogP contribution in [0, 0.1) is 16.2 Å². The average molecular weight is 224 g/mol. The summed E-state index contributed by atoms with van der Waals surface area (Å²) in [5.74, 6) is 0. The van der Waals surface area contributed by atoms with Gasteiger partial charge in [0.25, 0.3) is 0 Å². The van der Waals surface area contributed by atoms with Crippen molar-refractivity contribution >= 4 is 0 Å². The van der Waals surface area contributed by atoms with E-state index in [0.29, 0.717) is 10.8 Å². The van der Waals surface area contributed by atoms with Crippen molar-refractivity contribution in [1.82, 2.24) is 0 Å². The van der Waals surface area contributed by atoms with E-state index >= 15 is 0 Å². The van der Waals surface area contributed by atoms with E-state index in [9.17, 15) is 0 Å². The Kier molecular flexibility index (Phi) is 3.03. The zero-order chi connectivity index (χ0) is 12.8. The van der Waals surface area contributed by atoms with E-state index in [1.165, 1.54) is 12.8 Å². The van der Waals surface area contributed by atoms with Crippen LogP contribution in [0.25, 0.3) is 0 Å². The fourth-order valence-electron chi connectivity index (χ4n) is 1.31. The van der Waals surface area contributed by atoms with E-state index in [-0.39, 0.29) is 11.1 Å². The molecule has 0 aromatic heterocycles. The van der Waals surface area contributed by atoms with Gasteiger partial charge in [-0.25, -0.2) is 0 Å². The summed E-state index contributed by atoms with van der Waals surface area (Å²) < 4.78 is 0. The van der Waals surface area contributed by atoms with Crippen LogP contribution in [0.15, 0.2) is 10.2 Å². The molecule has 0 amide bonds. The van der Waals surface area contributed by atoms with E-state index in [4.69, 9.17) is 0 Å². The highest BCUT2D eigenvalue weighted by molar-refractivity contribution is 4.98. The van der Waals surface area contributed by atoms with Crippen LogP contribution in [0.1, 0.15) is 68.2 Å². The smallest absolute Gasteiger partial charge is 0.159 e. The van der Waals surface area contributed by atoms with Crippen molar-refractivity contribution in [2.75, 3.05) is 0 Å². The van der Waals surface area contributed by atoms with Crippen LogP contribution >= 0.6 is 0 Å². The van der Waals surface area contributed by atoms with E-state index in [2.05, 4.69) is 58.7 Å². The van der Waals surface area contributed by atoms with E-state index < -0.39 is 0 Å². The Morgan fingerprint density at radius 3 is 1.12 bits per heavy atom. The van der Waals surface area contributed by atoms with Gasteiger partial charge in [0.2, 0.25) is 0 Å². The molecule has 0 N–H and O–H groups in total. The molecule has 1 aliphatic heterocycles. The molecule has 0 aromatic rings. The fourth-order valence-corrected chi connectivity index (χ4v) is 1.31. The van der Waals surface area contributed by atoms with Crippen LogP contribution in [0.4, 0.5) is 0 Å². The Hall–Kier alpha value is -0.400. The Labute approximate surface area is 101 Å². The predicted octanol–water partition coefficient (Wildman–Crippen LogP) is 5.05. The van der Waals surface area contributed by atoms with Crippen molar-refractivity contribution in [3.8, 4) is 0 Å². The van der Waals surface area contributed by atoms with Crippen molar-refractivity contribution < 1.29 is 0 Å². The summed E-state index contributed by atoms with van der Waals surface area (Å²) in [6.07, 6.45) is 2.88. The molecular weight excluding hydrogens is 196 g/mol. The van der Waals surface area contributed by atoms with E-state index in [1.54, 1.807) is 0 Å². The molecular formula is C14H28N2. The molecule has 1 fully saturated rings. The molecule has 94 valence electrons. The van der Waals surface area contributed by atoms with Crippen molar-refractivity contribution in [3.05, 3.63) is 0 Å². The van der Waals surface area contributed by atoms with Gasteiger partial charge in [-0.2, -0.15) is 10.2 Å². The summed E-state index contributed by atoms with van der Waals surface area (Å²) >= 11 is 0. The third-order valence-electron chi connectivity index (χ3n) is 4.63. The number of nitrogens with zero attached hydrogens (tertiary/aromatic N) is 2. The Bertz CT molecular complexity index is 258. The first kappa shape index (κ1) is 13.7. The predicted molar refractivity (Wildman–Crippen MR) is 69.5 cm³/mol. The van der Waals surface area contributed by atoms with Crippen molar-refractivity contribution in [1.29, 1.82) is 0 Å². The highest BCUT2D eigenvalue weighted by Crippen LogP contribution is 2.57. The van der Waals surface area contributed by atoms with Gasteiger partial charge in [-0.1, -0.05) is 48.5 Å². The maximum absolute atomic E-state index is 3.93. The van der Waals surface area contributed by atoms with E-state index in [0.717, 1.165) is 0 Å². The number of hydrogen-bond donors (Lipinski definition) is 0.